The number of rotatable bonds is 6. The number of hydrogen-bond donors (Lipinski definition) is 1. The molecule has 96 valence electrons. The molecule has 0 unspecified atom stereocenters. The van der Waals surface area contributed by atoms with Crippen LogP contribution in [0.25, 0.3) is 0 Å². The van der Waals surface area contributed by atoms with E-state index in [1.165, 1.54) is 12.0 Å². The van der Waals surface area contributed by atoms with E-state index in [4.69, 9.17) is 4.74 Å². The van der Waals surface area contributed by atoms with Gasteiger partial charge >= 0.3 is 0 Å². The molecule has 2 heteroatoms. The maximum absolute atomic E-state index is 5.80. The van der Waals surface area contributed by atoms with Gasteiger partial charge in [0.1, 0.15) is 5.75 Å². The van der Waals surface area contributed by atoms with Gasteiger partial charge in [-0.3, -0.25) is 0 Å². The van der Waals surface area contributed by atoms with Gasteiger partial charge in [-0.1, -0.05) is 31.5 Å². The molecule has 1 aromatic rings. The van der Waals surface area contributed by atoms with Crippen LogP contribution in [0.1, 0.15) is 46.1 Å². The van der Waals surface area contributed by atoms with Crippen LogP contribution in [0.2, 0.25) is 0 Å². The first-order valence-corrected chi connectivity index (χ1v) is 6.48. The summed E-state index contributed by atoms with van der Waals surface area (Å²) in [5.41, 5.74) is 1.37. The summed E-state index contributed by atoms with van der Waals surface area (Å²) in [4.78, 5) is 0. The van der Waals surface area contributed by atoms with Crippen molar-refractivity contribution >= 4 is 0 Å². The molecule has 17 heavy (non-hydrogen) atoms. The SMILES string of the molecule is CCCCOc1ccccc1CNC(C)(C)C. The van der Waals surface area contributed by atoms with Gasteiger partial charge in [-0.25, -0.2) is 0 Å². The first-order valence-electron chi connectivity index (χ1n) is 6.48. The normalized spacial score (nSPS) is 11.5. The summed E-state index contributed by atoms with van der Waals surface area (Å²) in [6.45, 7) is 10.4. The van der Waals surface area contributed by atoms with Crippen molar-refractivity contribution in [1.29, 1.82) is 0 Å². The first-order chi connectivity index (χ1) is 8.03. The molecule has 1 N–H and O–H groups in total. The van der Waals surface area contributed by atoms with Crippen LogP contribution in [0.15, 0.2) is 24.3 Å². The largest absolute Gasteiger partial charge is 0.493 e. The Kier molecular flexibility index (Phi) is 5.49. The van der Waals surface area contributed by atoms with E-state index in [9.17, 15) is 0 Å². The van der Waals surface area contributed by atoms with E-state index in [0.29, 0.717) is 0 Å². The molecule has 0 saturated carbocycles. The summed E-state index contributed by atoms with van der Waals surface area (Å²) < 4.78 is 5.80. The smallest absolute Gasteiger partial charge is 0.123 e. The Morgan fingerprint density at radius 3 is 2.53 bits per heavy atom. The molecule has 2 nitrogen and oxygen atoms in total. The number of unbranched alkanes of at least 4 members (excludes halogenated alkanes) is 1. The van der Waals surface area contributed by atoms with Gasteiger partial charge in [0.25, 0.3) is 0 Å². The van der Waals surface area contributed by atoms with Crippen molar-refractivity contribution in [2.75, 3.05) is 6.61 Å². The van der Waals surface area contributed by atoms with Crippen molar-refractivity contribution in [3.63, 3.8) is 0 Å². The monoisotopic (exact) mass is 235 g/mol. The predicted molar refractivity (Wildman–Crippen MR) is 73.4 cm³/mol. The molecule has 1 aromatic carbocycles. The molecule has 0 saturated heterocycles. The zero-order valence-electron chi connectivity index (χ0n) is 11.5. The highest BCUT2D eigenvalue weighted by atomic mass is 16.5. The van der Waals surface area contributed by atoms with Gasteiger partial charge in [0, 0.05) is 17.6 Å². The van der Waals surface area contributed by atoms with Crippen LogP contribution in [0, 0.1) is 0 Å². The van der Waals surface area contributed by atoms with Gasteiger partial charge in [0.05, 0.1) is 6.61 Å². The van der Waals surface area contributed by atoms with E-state index >= 15 is 0 Å². The van der Waals surface area contributed by atoms with Crippen molar-refractivity contribution in [1.82, 2.24) is 5.32 Å². The molecule has 0 heterocycles. The van der Waals surface area contributed by atoms with E-state index in [0.717, 1.165) is 25.3 Å². The molecule has 0 spiro atoms. The topological polar surface area (TPSA) is 21.3 Å². The first kappa shape index (κ1) is 14.0. The summed E-state index contributed by atoms with van der Waals surface area (Å²) in [6, 6.07) is 8.27. The average molecular weight is 235 g/mol. The minimum atomic E-state index is 0.135. The standard InChI is InChI=1S/C15H25NO/c1-5-6-11-17-14-10-8-7-9-13(14)12-16-15(2,3)4/h7-10,16H,5-6,11-12H2,1-4H3. The fourth-order valence-corrected chi connectivity index (χ4v) is 1.48. The average Bonchev–Trinajstić information content (AvgIpc) is 2.27. The Balaban J connectivity index is 2.58. The van der Waals surface area contributed by atoms with Gasteiger partial charge in [-0.15, -0.1) is 0 Å². The fourth-order valence-electron chi connectivity index (χ4n) is 1.48. The third-order valence-corrected chi connectivity index (χ3v) is 2.54. The second-order valence-corrected chi connectivity index (χ2v) is 5.41. The molecule has 0 atom stereocenters. The lowest BCUT2D eigenvalue weighted by molar-refractivity contribution is 0.303. The van der Waals surface area contributed by atoms with Gasteiger partial charge in [-0.05, 0) is 33.3 Å². The second-order valence-electron chi connectivity index (χ2n) is 5.41. The molecule has 0 radical (unpaired) electrons. The van der Waals surface area contributed by atoms with Crippen molar-refractivity contribution in [2.45, 2.75) is 52.6 Å². The summed E-state index contributed by atoms with van der Waals surface area (Å²) >= 11 is 0. The lowest BCUT2D eigenvalue weighted by atomic mass is 10.1. The van der Waals surface area contributed by atoms with Gasteiger partial charge in [-0.2, -0.15) is 0 Å². The van der Waals surface area contributed by atoms with Gasteiger partial charge < -0.3 is 10.1 Å². The number of para-hydroxylation sites is 1. The lowest BCUT2D eigenvalue weighted by Crippen LogP contribution is -2.35. The lowest BCUT2D eigenvalue weighted by Gasteiger charge is -2.21. The number of nitrogens with one attached hydrogen (secondary N) is 1. The van der Waals surface area contributed by atoms with E-state index in [-0.39, 0.29) is 5.54 Å². The fraction of sp³-hybridized carbons (Fsp3) is 0.600. The summed E-state index contributed by atoms with van der Waals surface area (Å²) in [7, 11) is 0. The Hall–Kier alpha value is -1.02. The molecule has 0 aliphatic carbocycles. The molecule has 0 amide bonds. The van der Waals surface area contributed by atoms with Gasteiger partial charge in [0.2, 0.25) is 0 Å². The Morgan fingerprint density at radius 2 is 1.88 bits per heavy atom. The maximum Gasteiger partial charge on any atom is 0.123 e. The molecule has 0 aromatic heterocycles. The van der Waals surface area contributed by atoms with Crippen LogP contribution >= 0.6 is 0 Å². The van der Waals surface area contributed by atoms with Gasteiger partial charge in [0.15, 0.2) is 0 Å². The Labute approximate surface area is 105 Å². The van der Waals surface area contributed by atoms with Crippen molar-refractivity contribution in [3.8, 4) is 5.75 Å². The zero-order chi connectivity index (χ0) is 12.7. The van der Waals surface area contributed by atoms with Crippen molar-refractivity contribution in [2.24, 2.45) is 0 Å². The van der Waals surface area contributed by atoms with E-state index < -0.39 is 0 Å². The minimum Gasteiger partial charge on any atom is -0.493 e. The highest BCUT2D eigenvalue weighted by Gasteiger charge is 2.10. The third-order valence-electron chi connectivity index (χ3n) is 2.54. The molecule has 0 bridgehead atoms. The Bertz CT molecular complexity index is 328. The number of benzene rings is 1. The molecule has 1 rings (SSSR count). The van der Waals surface area contributed by atoms with Crippen molar-refractivity contribution < 1.29 is 4.74 Å². The number of hydrogen-bond acceptors (Lipinski definition) is 2. The minimum absolute atomic E-state index is 0.135. The highest BCUT2D eigenvalue weighted by Crippen LogP contribution is 2.19. The quantitative estimate of drug-likeness (QED) is 0.758. The molecule has 0 aliphatic rings. The summed E-state index contributed by atoms with van der Waals surface area (Å²) in [5.74, 6) is 1.01. The van der Waals surface area contributed by atoms with Crippen LogP contribution in [0.5, 0.6) is 5.75 Å². The molecule has 0 fully saturated rings. The van der Waals surface area contributed by atoms with E-state index in [1.807, 2.05) is 6.07 Å². The Morgan fingerprint density at radius 1 is 1.18 bits per heavy atom. The number of ether oxygens (including phenoxy) is 1. The summed E-state index contributed by atoms with van der Waals surface area (Å²) in [5, 5.41) is 3.49. The highest BCUT2D eigenvalue weighted by molar-refractivity contribution is 5.33. The molecular formula is C15H25NO. The van der Waals surface area contributed by atoms with Crippen LogP contribution in [-0.2, 0) is 6.54 Å². The third kappa shape index (κ3) is 5.73. The molecule has 0 aliphatic heterocycles. The van der Waals surface area contributed by atoms with E-state index in [1.54, 1.807) is 0 Å². The second kappa shape index (κ2) is 6.65. The van der Waals surface area contributed by atoms with Crippen LogP contribution < -0.4 is 10.1 Å². The van der Waals surface area contributed by atoms with Crippen LogP contribution in [-0.4, -0.2) is 12.1 Å². The predicted octanol–water partition coefficient (Wildman–Crippen LogP) is 3.75. The zero-order valence-corrected chi connectivity index (χ0v) is 11.5. The molecular weight excluding hydrogens is 210 g/mol. The van der Waals surface area contributed by atoms with Crippen LogP contribution in [0.4, 0.5) is 0 Å². The summed E-state index contributed by atoms with van der Waals surface area (Å²) in [6.07, 6.45) is 2.28. The van der Waals surface area contributed by atoms with E-state index in [2.05, 4.69) is 51.2 Å². The van der Waals surface area contributed by atoms with Crippen LogP contribution in [0.3, 0.4) is 0 Å². The maximum atomic E-state index is 5.80. The van der Waals surface area contributed by atoms with Crippen molar-refractivity contribution in [3.05, 3.63) is 29.8 Å².